The second kappa shape index (κ2) is 4.45. The number of hydrogen-bond donors (Lipinski definition) is 2. The Hall–Kier alpha value is -0.670. The van der Waals surface area contributed by atoms with Gasteiger partial charge in [0.2, 0.25) is 0 Å². The second-order valence-corrected chi connectivity index (χ2v) is 8.77. The molecule has 0 aliphatic heterocycles. The highest BCUT2D eigenvalue weighted by Crippen LogP contribution is 2.65. The standard InChI is InChI=1S/C19H28O3/c1-17-8-4-6-13(17)16-14(7-10-17)18(2)12(11-15(16)20)5-3-9-19(18,21)22/h11,13-14,16,21-22H,3-10H2,1-2H3/t13-,14-,16-,17-,18-/m0/s1. The van der Waals surface area contributed by atoms with Gasteiger partial charge >= 0.3 is 0 Å². The van der Waals surface area contributed by atoms with E-state index < -0.39 is 11.2 Å². The molecule has 3 heteroatoms. The Morgan fingerprint density at radius 1 is 1.05 bits per heavy atom. The Labute approximate surface area is 132 Å². The highest BCUT2D eigenvalue weighted by Gasteiger charge is 2.64. The van der Waals surface area contributed by atoms with Crippen molar-refractivity contribution < 1.29 is 15.0 Å². The first-order valence-electron chi connectivity index (χ1n) is 8.99. The van der Waals surface area contributed by atoms with Gasteiger partial charge in [-0.05, 0) is 61.9 Å². The number of fused-ring (bicyclic) bond motifs is 5. The Morgan fingerprint density at radius 3 is 2.59 bits per heavy atom. The third-order valence-electron chi connectivity index (χ3n) is 7.91. The molecule has 0 heterocycles. The fourth-order valence-corrected chi connectivity index (χ4v) is 6.50. The summed E-state index contributed by atoms with van der Waals surface area (Å²) < 4.78 is 0. The Morgan fingerprint density at radius 2 is 1.82 bits per heavy atom. The van der Waals surface area contributed by atoms with Crippen molar-refractivity contribution in [2.75, 3.05) is 0 Å². The maximum Gasteiger partial charge on any atom is 0.172 e. The van der Waals surface area contributed by atoms with E-state index in [1.54, 1.807) is 6.08 Å². The number of carbonyl (C=O) groups is 1. The van der Waals surface area contributed by atoms with Crippen molar-refractivity contribution in [2.24, 2.45) is 28.6 Å². The predicted molar refractivity (Wildman–Crippen MR) is 83.9 cm³/mol. The first-order chi connectivity index (χ1) is 10.3. The van der Waals surface area contributed by atoms with Crippen LogP contribution in [0.4, 0.5) is 0 Å². The van der Waals surface area contributed by atoms with Gasteiger partial charge in [0.05, 0.1) is 0 Å². The molecule has 5 atom stereocenters. The average molecular weight is 304 g/mol. The van der Waals surface area contributed by atoms with Crippen LogP contribution in [0.3, 0.4) is 0 Å². The molecule has 0 bridgehead atoms. The van der Waals surface area contributed by atoms with E-state index in [2.05, 4.69) is 6.92 Å². The topological polar surface area (TPSA) is 57.5 Å². The summed E-state index contributed by atoms with van der Waals surface area (Å²) in [5.74, 6) is -0.843. The first kappa shape index (κ1) is 14.9. The van der Waals surface area contributed by atoms with Crippen molar-refractivity contribution in [3.8, 4) is 0 Å². The van der Waals surface area contributed by atoms with Crippen LogP contribution in [0.5, 0.6) is 0 Å². The summed E-state index contributed by atoms with van der Waals surface area (Å²) in [5.41, 5.74) is 0.658. The minimum Gasteiger partial charge on any atom is -0.365 e. The van der Waals surface area contributed by atoms with Crippen LogP contribution in [0.2, 0.25) is 0 Å². The van der Waals surface area contributed by atoms with E-state index in [-0.39, 0.29) is 17.6 Å². The molecule has 22 heavy (non-hydrogen) atoms. The molecule has 0 aromatic rings. The van der Waals surface area contributed by atoms with Gasteiger partial charge in [-0.3, -0.25) is 4.79 Å². The summed E-state index contributed by atoms with van der Waals surface area (Å²) in [6.45, 7) is 4.36. The van der Waals surface area contributed by atoms with Crippen LogP contribution >= 0.6 is 0 Å². The molecule has 3 fully saturated rings. The number of rotatable bonds is 0. The highest BCUT2D eigenvalue weighted by molar-refractivity contribution is 5.94. The van der Waals surface area contributed by atoms with Gasteiger partial charge in [0, 0.05) is 17.8 Å². The van der Waals surface area contributed by atoms with Crippen molar-refractivity contribution in [3.63, 3.8) is 0 Å². The molecule has 122 valence electrons. The quantitative estimate of drug-likeness (QED) is 0.676. The number of ketones is 1. The van der Waals surface area contributed by atoms with Gasteiger partial charge < -0.3 is 10.2 Å². The van der Waals surface area contributed by atoms with Crippen molar-refractivity contribution in [2.45, 2.75) is 71.0 Å². The molecule has 0 aromatic heterocycles. The fraction of sp³-hybridized carbons (Fsp3) is 0.842. The normalized spacial score (nSPS) is 49.9. The van der Waals surface area contributed by atoms with Crippen molar-refractivity contribution >= 4 is 5.78 Å². The van der Waals surface area contributed by atoms with Gasteiger partial charge in [0.1, 0.15) is 0 Å². The smallest absolute Gasteiger partial charge is 0.172 e. The van der Waals surface area contributed by atoms with E-state index in [1.807, 2.05) is 6.92 Å². The lowest BCUT2D eigenvalue weighted by atomic mass is 9.46. The zero-order valence-electron chi connectivity index (χ0n) is 13.8. The van der Waals surface area contributed by atoms with E-state index in [0.29, 0.717) is 17.8 Å². The van der Waals surface area contributed by atoms with Crippen molar-refractivity contribution in [1.29, 1.82) is 0 Å². The minimum atomic E-state index is -1.66. The molecule has 2 N–H and O–H groups in total. The third-order valence-corrected chi connectivity index (χ3v) is 7.91. The number of allylic oxidation sites excluding steroid dienone is 1. The highest BCUT2D eigenvalue weighted by atomic mass is 16.5. The van der Waals surface area contributed by atoms with E-state index in [9.17, 15) is 15.0 Å². The molecule has 0 unspecified atom stereocenters. The van der Waals surface area contributed by atoms with Crippen molar-refractivity contribution in [1.82, 2.24) is 0 Å². The van der Waals surface area contributed by atoms with Crippen molar-refractivity contribution in [3.05, 3.63) is 11.6 Å². The molecule has 3 nitrogen and oxygen atoms in total. The molecule has 0 aromatic carbocycles. The van der Waals surface area contributed by atoms with Crippen LogP contribution in [0, 0.1) is 28.6 Å². The molecule has 4 aliphatic carbocycles. The molecule has 4 aliphatic rings. The zero-order valence-corrected chi connectivity index (χ0v) is 13.8. The third kappa shape index (κ3) is 1.67. The molecule has 0 radical (unpaired) electrons. The molecular formula is C19H28O3. The van der Waals surface area contributed by atoms with E-state index in [0.717, 1.165) is 37.7 Å². The van der Waals surface area contributed by atoms with Gasteiger partial charge in [0.15, 0.2) is 11.6 Å². The van der Waals surface area contributed by atoms with Gasteiger partial charge in [-0.25, -0.2) is 0 Å². The van der Waals surface area contributed by atoms with Gasteiger partial charge in [-0.1, -0.05) is 25.8 Å². The lowest BCUT2D eigenvalue weighted by Crippen LogP contribution is -2.61. The molecule has 0 spiro atoms. The van der Waals surface area contributed by atoms with E-state index in [4.69, 9.17) is 0 Å². The second-order valence-electron chi connectivity index (χ2n) is 8.77. The molecule has 4 rings (SSSR count). The lowest BCUT2D eigenvalue weighted by Gasteiger charge is -2.59. The summed E-state index contributed by atoms with van der Waals surface area (Å²) in [6, 6.07) is 0. The Kier molecular flexibility index (Phi) is 3.01. The first-order valence-corrected chi connectivity index (χ1v) is 8.99. The molecule has 0 saturated heterocycles. The maximum absolute atomic E-state index is 12.9. The minimum absolute atomic E-state index is 0.00627. The van der Waals surface area contributed by atoms with E-state index in [1.165, 1.54) is 12.8 Å². The summed E-state index contributed by atoms with van der Waals surface area (Å²) in [6.07, 6.45) is 9.50. The molecular weight excluding hydrogens is 276 g/mol. The van der Waals surface area contributed by atoms with Gasteiger partial charge in [-0.2, -0.15) is 0 Å². The number of hydrogen-bond acceptors (Lipinski definition) is 3. The molecule has 0 amide bonds. The zero-order chi connectivity index (χ0) is 15.8. The predicted octanol–water partition coefficient (Wildman–Crippen LogP) is 3.20. The molecule has 3 saturated carbocycles. The Balaban J connectivity index is 1.83. The van der Waals surface area contributed by atoms with Crippen LogP contribution in [0.25, 0.3) is 0 Å². The Bertz CT molecular complexity index is 549. The fourth-order valence-electron chi connectivity index (χ4n) is 6.50. The number of aliphatic hydroxyl groups is 2. The largest absolute Gasteiger partial charge is 0.365 e. The summed E-state index contributed by atoms with van der Waals surface area (Å²) in [4.78, 5) is 12.9. The number of carbonyl (C=O) groups excluding carboxylic acids is 1. The maximum atomic E-state index is 12.9. The van der Waals surface area contributed by atoms with Crippen LogP contribution in [-0.4, -0.2) is 21.8 Å². The summed E-state index contributed by atoms with van der Waals surface area (Å²) in [7, 11) is 0. The SMILES string of the molecule is C[C@@]12CCC[C@H]1[C@@H]1C(=O)C=C3CCCC(O)(O)[C@]3(C)[C@H]1CC2. The summed E-state index contributed by atoms with van der Waals surface area (Å²) in [5, 5.41) is 21.5. The van der Waals surface area contributed by atoms with Crippen LogP contribution < -0.4 is 0 Å². The van der Waals surface area contributed by atoms with Crippen LogP contribution in [-0.2, 0) is 4.79 Å². The van der Waals surface area contributed by atoms with Crippen LogP contribution in [0.1, 0.15) is 65.2 Å². The van der Waals surface area contributed by atoms with Gasteiger partial charge in [0.25, 0.3) is 0 Å². The van der Waals surface area contributed by atoms with Gasteiger partial charge in [-0.15, -0.1) is 0 Å². The van der Waals surface area contributed by atoms with Crippen LogP contribution in [0.15, 0.2) is 11.6 Å². The average Bonchev–Trinajstić information content (AvgIpc) is 2.83. The lowest BCUT2D eigenvalue weighted by molar-refractivity contribution is -0.266. The van der Waals surface area contributed by atoms with E-state index >= 15 is 0 Å². The summed E-state index contributed by atoms with van der Waals surface area (Å²) >= 11 is 0. The monoisotopic (exact) mass is 304 g/mol.